The molecule has 7 heteroatoms. The second kappa shape index (κ2) is 5.48. The number of hydrogen-bond donors (Lipinski definition) is 0. The largest absolute Gasteiger partial charge is 0.377 e. The van der Waals surface area contributed by atoms with Crippen molar-refractivity contribution in [3.63, 3.8) is 0 Å². The molecule has 0 saturated carbocycles. The van der Waals surface area contributed by atoms with Crippen molar-refractivity contribution in [1.82, 2.24) is 8.87 Å². The molecule has 5 nitrogen and oxygen atoms in total. The van der Waals surface area contributed by atoms with Crippen molar-refractivity contribution < 1.29 is 13.2 Å². The fourth-order valence-corrected chi connectivity index (χ4v) is 5.82. The maximum absolute atomic E-state index is 12.9. The van der Waals surface area contributed by atoms with Crippen LogP contribution in [0.3, 0.4) is 0 Å². The summed E-state index contributed by atoms with van der Waals surface area (Å²) >= 11 is 6.09. The number of nitrogens with zero attached hydrogens (tertiary/aromatic N) is 2. The SMILES string of the molecule is CC1OCCC1S(=O)(=O)N1CCn2c(cc3ccc(Cl)cc32)C1. The molecule has 23 heavy (non-hydrogen) atoms. The summed E-state index contributed by atoms with van der Waals surface area (Å²) < 4.78 is 35.0. The van der Waals surface area contributed by atoms with E-state index in [9.17, 15) is 8.42 Å². The normalized spacial score (nSPS) is 25.8. The van der Waals surface area contributed by atoms with Gasteiger partial charge in [-0.1, -0.05) is 17.7 Å². The predicted octanol–water partition coefficient (Wildman–Crippen LogP) is 2.62. The van der Waals surface area contributed by atoms with E-state index in [2.05, 4.69) is 10.6 Å². The van der Waals surface area contributed by atoms with Gasteiger partial charge in [-0.2, -0.15) is 4.31 Å². The van der Waals surface area contributed by atoms with Crippen molar-refractivity contribution in [2.45, 2.75) is 37.8 Å². The third kappa shape index (κ3) is 2.48. The summed E-state index contributed by atoms with van der Waals surface area (Å²) in [6.45, 7) is 3.93. The summed E-state index contributed by atoms with van der Waals surface area (Å²) in [4.78, 5) is 0. The van der Waals surface area contributed by atoms with Crippen LogP contribution in [0.2, 0.25) is 5.02 Å². The highest BCUT2D eigenvalue weighted by Gasteiger charge is 2.40. The number of rotatable bonds is 2. The monoisotopic (exact) mass is 354 g/mol. The Hall–Kier alpha value is -1.08. The highest BCUT2D eigenvalue weighted by atomic mass is 35.5. The summed E-state index contributed by atoms with van der Waals surface area (Å²) in [5.74, 6) is 0. The van der Waals surface area contributed by atoms with Crippen molar-refractivity contribution in [3.8, 4) is 0 Å². The lowest BCUT2D eigenvalue weighted by Gasteiger charge is -2.31. The van der Waals surface area contributed by atoms with E-state index in [1.807, 2.05) is 25.1 Å². The average Bonchev–Trinajstić information content (AvgIpc) is 3.10. The molecule has 0 spiro atoms. The maximum atomic E-state index is 12.9. The van der Waals surface area contributed by atoms with Gasteiger partial charge in [0, 0.05) is 41.3 Å². The Labute approximate surface area is 140 Å². The van der Waals surface area contributed by atoms with E-state index in [-0.39, 0.29) is 6.10 Å². The van der Waals surface area contributed by atoms with E-state index >= 15 is 0 Å². The molecule has 3 heterocycles. The van der Waals surface area contributed by atoms with Gasteiger partial charge in [-0.15, -0.1) is 0 Å². The van der Waals surface area contributed by atoms with Gasteiger partial charge in [0.2, 0.25) is 10.0 Å². The molecule has 2 aliphatic heterocycles. The number of hydrogen-bond acceptors (Lipinski definition) is 3. The van der Waals surface area contributed by atoms with E-state index in [0.717, 1.165) is 16.6 Å². The van der Waals surface area contributed by atoms with Crippen molar-refractivity contribution in [2.24, 2.45) is 0 Å². The molecule has 0 bridgehead atoms. The zero-order valence-electron chi connectivity index (χ0n) is 12.9. The number of ether oxygens (including phenoxy) is 1. The highest BCUT2D eigenvalue weighted by molar-refractivity contribution is 7.89. The van der Waals surface area contributed by atoms with Gasteiger partial charge in [0.15, 0.2) is 0 Å². The van der Waals surface area contributed by atoms with E-state index < -0.39 is 15.3 Å². The molecule has 2 aromatic rings. The van der Waals surface area contributed by atoms with Crippen LogP contribution in [-0.2, 0) is 27.8 Å². The van der Waals surface area contributed by atoms with E-state index in [4.69, 9.17) is 16.3 Å². The zero-order valence-corrected chi connectivity index (χ0v) is 14.5. The average molecular weight is 355 g/mol. The first-order valence-corrected chi connectivity index (χ1v) is 9.73. The molecule has 0 aliphatic carbocycles. The van der Waals surface area contributed by atoms with Crippen LogP contribution in [0.4, 0.5) is 0 Å². The van der Waals surface area contributed by atoms with Gasteiger partial charge >= 0.3 is 0 Å². The molecule has 0 N–H and O–H groups in total. The molecule has 1 fully saturated rings. The molecular weight excluding hydrogens is 336 g/mol. The van der Waals surface area contributed by atoms with Crippen LogP contribution in [-0.4, -0.2) is 41.8 Å². The topological polar surface area (TPSA) is 51.5 Å². The van der Waals surface area contributed by atoms with Gasteiger partial charge < -0.3 is 9.30 Å². The first-order chi connectivity index (χ1) is 11.0. The Kier molecular flexibility index (Phi) is 3.68. The van der Waals surface area contributed by atoms with Crippen LogP contribution in [0.15, 0.2) is 24.3 Å². The second-order valence-corrected chi connectivity index (χ2v) is 8.86. The van der Waals surface area contributed by atoms with Gasteiger partial charge in [-0.3, -0.25) is 0 Å². The second-order valence-electron chi connectivity index (χ2n) is 6.27. The first-order valence-electron chi connectivity index (χ1n) is 7.85. The predicted molar refractivity (Wildman–Crippen MR) is 90.1 cm³/mol. The Morgan fingerprint density at radius 2 is 2.09 bits per heavy atom. The van der Waals surface area contributed by atoms with Crippen LogP contribution in [0.5, 0.6) is 0 Å². The van der Waals surface area contributed by atoms with Crippen LogP contribution >= 0.6 is 11.6 Å². The van der Waals surface area contributed by atoms with Gasteiger partial charge in [0.05, 0.1) is 12.6 Å². The number of fused-ring (bicyclic) bond motifs is 3. The smallest absolute Gasteiger partial charge is 0.220 e. The van der Waals surface area contributed by atoms with Crippen molar-refractivity contribution in [2.75, 3.05) is 13.2 Å². The van der Waals surface area contributed by atoms with E-state index in [1.165, 1.54) is 0 Å². The summed E-state index contributed by atoms with van der Waals surface area (Å²) in [5.41, 5.74) is 2.09. The van der Waals surface area contributed by atoms with Crippen molar-refractivity contribution in [1.29, 1.82) is 0 Å². The molecule has 124 valence electrons. The van der Waals surface area contributed by atoms with Gasteiger partial charge in [-0.25, -0.2) is 8.42 Å². The quantitative estimate of drug-likeness (QED) is 0.833. The fourth-order valence-electron chi connectivity index (χ4n) is 3.66. The fraction of sp³-hybridized carbons (Fsp3) is 0.500. The Balaban J connectivity index is 1.67. The van der Waals surface area contributed by atoms with Gasteiger partial charge in [-0.05, 0) is 31.5 Å². The van der Waals surface area contributed by atoms with Crippen molar-refractivity contribution >= 4 is 32.5 Å². The molecule has 2 aliphatic rings. The molecule has 1 saturated heterocycles. The first kappa shape index (κ1) is 15.4. The number of halogens is 1. The van der Waals surface area contributed by atoms with Gasteiger partial charge in [0.1, 0.15) is 5.25 Å². The minimum Gasteiger partial charge on any atom is -0.377 e. The Morgan fingerprint density at radius 1 is 1.26 bits per heavy atom. The maximum Gasteiger partial charge on any atom is 0.220 e. The summed E-state index contributed by atoms with van der Waals surface area (Å²) in [6.07, 6.45) is 0.352. The number of benzene rings is 1. The molecular formula is C16H19ClN2O3S. The Bertz CT molecular complexity index is 862. The molecule has 1 aromatic heterocycles. The lowest BCUT2D eigenvalue weighted by molar-refractivity contribution is 0.125. The molecule has 2 atom stereocenters. The van der Waals surface area contributed by atoms with Crippen LogP contribution < -0.4 is 0 Å². The van der Waals surface area contributed by atoms with Gasteiger partial charge in [0.25, 0.3) is 0 Å². The summed E-state index contributed by atoms with van der Waals surface area (Å²) in [7, 11) is -3.33. The molecule has 0 radical (unpaired) electrons. The third-order valence-electron chi connectivity index (χ3n) is 4.91. The molecule has 2 unspecified atom stereocenters. The summed E-state index contributed by atoms with van der Waals surface area (Å²) in [6, 6.07) is 7.84. The van der Waals surface area contributed by atoms with Crippen LogP contribution in [0.1, 0.15) is 19.0 Å². The molecule has 1 aromatic carbocycles. The molecule has 0 amide bonds. The molecule has 4 rings (SSSR count). The standard InChI is InChI=1S/C16H19ClN2O3S/c1-11-16(4-7-22-11)23(20,21)18-5-6-19-14(10-18)8-12-2-3-13(17)9-15(12)19/h2-3,8-9,11,16H,4-7,10H2,1H3. The van der Waals surface area contributed by atoms with E-state index in [1.54, 1.807) is 4.31 Å². The van der Waals surface area contributed by atoms with Crippen LogP contribution in [0.25, 0.3) is 10.9 Å². The van der Waals surface area contributed by atoms with E-state index in [0.29, 0.717) is 37.7 Å². The lowest BCUT2D eigenvalue weighted by Crippen LogP contribution is -2.45. The lowest BCUT2D eigenvalue weighted by atomic mass is 10.2. The third-order valence-corrected chi connectivity index (χ3v) is 7.56. The summed E-state index contributed by atoms with van der Waals surface area (Å²) in [5, 5.41) is 1.37. The van der Waals surface area contributed by atoms with Crippen LogP contribution in [0, 0.1) is 0 Å². The zero-order chi connectivity index (χ0) is 16.2. The number of sulfonamides is 1. The minimum atomic E-state index is -3.33. The highest BCUT2D eigenvalue weighted by Crippen LogP contribution is 2.30. The Morgan fingerprint density at radius 3 is 2.83 bits per heavy atom. The van der Waals surface area contributed by atoms with Crippen molar-refractivity contribution in [3.05, 3.63) is 35.0 Å². The number of aromatic nitrogens is 1. The minimum absolute atomic E-state index is 0.230.